The van der Waals surface area contributed by atoms with E-state index in [1.165, 1.54) is 16.7 Å². The van der Waals surface area contributed by atoms with Gasteiger partial charge in [-0.05, 0) is 17.7 Å². The van der Waals surface area contributed by atoms with E-state index in [0.29, 0.717) is 11.5 Å². The number of nitriles is 1. The Morgan fingerprint density at radius 3 is 2.89 bits per heavy atom. The number of amides is 2. The monoisotopic (exact) mass is 409 g/mol. The number of halogens is 1. The first-order valence-electron chi connectivity index (χ1n) is 8.86. The van der Waals surface area contributed by atoms with Crippen molar-refractivity contribution >= 4 is 23.8 Å². The van der Waals surface area contributed by atoms with Crippen molar-refractivity contribution in [3.8, 4) is 11.8 Å². The maximum absolute atomic E-state index is 13.8. The smallest absolute Gasteiger partial charge is 0.404 e. The molecule has 1 heterocycles. The van der Waals surface area contributed by atoms with Gasteiger partial charge in [0.1, 0.15) is 18.0 Å². The Morgan fingerprint density at radius 1 is 1.50 bits per heavy atom. The van der Waals surface area contributed by atoms with Gasteiger partial charge in [0.05, 0.1) is 31.6 Å². The number of primary amides is 1. The standard InChI is InChI=1S/C19H24FN3O4S/c1-12(10-27-19(22)25)17(18(24)23-9-14(20)7-15(23)8-21)28-11-13-4-3-5-16(6-13)26-2/h3-6,12,14-15,17H,7,9-11H2,1-2H3,(H2,22,25)/t12?,14-,15-,17+/m0/s1. The predicted molar refractivity (Wildman–Crippen MR) is 103 cm³/mol. The highest BCUT2D eigenvalue weighted by Gasteiger charge is 2.40. The van der Waals surface area contributed by atoms with Crippen LogP contribution in [0.15, 0.2) is 24.3 Å². The Bertz CT molecular complexity index is 742. The molecule has 1 saturated heterocycles. The molecule has 1 fully saturated rings. The SMILES string of the molecule is COc1cccc(CS[C@@H](C(=O)N2C[C@@H](F)C[C@H]2C#N)C(C)COC(N)=O)c1. The Kier molecular flexibility index (Phi) is 7.93. The zero-order valence-electron chi connectivity index (χ0n) is 15.8. The minimum Gasteiger partial charge on any atom is -0.497 e. The molecule has 0 aliphatic carbocycles. The van der Waals surface area contributed by atoms with Crippen molar-refractivity contribution in [3.05, 3.63) is 29.8 Å². The largest absolute Gasteiger partial charge is 0.497 e. The maximum Gasteiger partial charge on any atom is 0.404 e. The number of likely N-dealkylation sites (tertiary alicyclic amines) is 1. The lowest BCUT2D eigenvalue weighted by Crippen LogP contribution is -2.44. The quantitative estimate of drug-likeness (QED) is 0.707. The molecule has 0 bridgehead atoms. The topological polar surface area (TPSA) is 106 Å². The van der Waals surface area contributed by atoms with Gasteiger partial charge in [-0.1, -0.05) is 19.1 Å². The lowest BCUT2D eigenvalue weighted by atomic mass is 10.1. The van der Waals surface area contributed by atoms with Gasteiger partial charge >= 0.3 is 6.09 Å². The number of benzene rings is 1. The van der Waals surface area contributed by atoms with E-state index in [1.807, 2.05) is 30.3 Å². The lowest BCUT2D eigenvalue weighted by Gasteiger charge is -2.28. The first-order chi connectivity index (χ1) is 13.3. The van der Waals surface area contributed by atoms with E-state index in [1.54, 1.807) is 14.0 Å². The van der Waals surface area contributed by atoms with E-state index in [4.69, 9.17) is 15.2 Å². The molecule has 0 saturated carbocycles. The number of nitrogens with zero attached hydrogens (tertiary/aromatic N) is 2. The van der Waals surface area contributed by atoms with Crippen molar-refractivity contribution < 1.29 is 23.5 Å². The Balaban J connectivity index is 2.14. The van der Waals surface area contributed by atoms with Crippen LogP contribution >= 0.6 is 11.8 Å². The van der Waals surface area contributed by atoms with Gasteiger partial charge in [-0.3, -0.25) is 4.79 Å². The van der Waals surface area contributed by atoms with Crippen LogP contribution in [0.4, 0.5) is 9.18 Å². The van der Waals surface area contributed by atoms with Gasteiger partial charge in [0.25, 0.3) is 0 Å². The van der Waals surface area contributed by atoms with Crippen LogP contribution < -0.4 is 10.5 Å². The molecule has 28 heavy (non-hydrogen) atoms. The summed E-state index contributed by atoms with van der Waals surface area (Å²) in [5, 5.41) is 8.63. The van der Waals surface area contributed by atoms with Crippen LogP contribution in [0.1, 0.15) is 18.9 Å². The summed E-state index contributed by atoms with van der Waals surface area (Å²) < 4.78 is 23.8. The molecule has 2 N–H and O–H groups in total. The molecule has 9 heteroatoms. The summed E-state index contributed by atoms with van der Waals surface area (Å²) in [5.74, 6) is 0.503. The number of nitrogens with two attached hydrogens (primary N) is 1. The van der Waals surface area contributed by atoms with Crippen LogP contribution in [0.5, 0.6) is 5.75 Å². The molecule has 7 nitrogen and oxygen atoms in total. The fourth-order valence-electron chi connectivity index (χ4n) is 3.04. The first kappa shape index (κ1) is 21.8. The van der Waals surface area contributed by atoms with Gasteiger partial charge in [0, 0.05) is 18.1 Å². The van der Waals surface area contributed by atoms with Gasteiger partial charge in [-0.2, -0.15) is 5.26 Å². The van der Waals surface area contributed by atoms with Crippen molar-refractivity contribution in [2.45, 2.75) is 36.6 Å². The highest BCUT2D eigenvalue weighted by molar-refractivity contribution is 7.99. The summed E-state index contributed by atoms with van der Waals surface area (Å²) in [7, 11) is 1.57. The number of carbonyl (C=O) groups excluding carboxylic acids is 2. The average Bonchev–Trinajstić information content (AvgIpc) is 3.07. The highest BCUT2D eigenvalue weighted by Crippen LogP contribution is 2.30. The van der Waals surface area contributed by atoms with Gasteiger partial charge in [-0.25, -0.2) is 9.18 Å². The number of hydrogen-bond acceptors (Lipinski definition) is 6. The summed E-state index contributed by atoms with van der Waals surface area (Å²) in [6.07, 6.45) is -2.12. The molecule has 4 atom stereocenters. The third-order valence-electron chi connectivity index (χ3n) is 4.49. The van der Waals surface area contributed by atoms with E-state index in [-0.39, 0.29) is 31.4 Å². The number of thioether (sulfide) groups is 1. The summed E-state index contributed by atoms with van der Waals surface area (Å²) in [6.45, 7) is 1.62. The summed E-state index contributed by atoms with van der Waals surface area (Å²) >= 11 is 1.35. The third kappa shape index (κ3) is 5.76. The lowest BCUT2D eigenvalue weighted by molar-refractivity contribution is -0.131. The van der Waals surface area contributed by atoms with Crippen LogP contribution in [0.25, 0.3) is 0 Å². The second-order valence-electron chi connectivity index (χ2n) is 6.66. The minimum atomic E-state index is -1.21. The zero-order valence-corrected chi connectivity index (χ0v) is 16.7. The van der Waals surface area contributed by atoms with Crippen molar-refractivity contribution in [1.29, 1.82) is 5.26 Å². The van der Waals surface area contributed by atoms with Crippen molar-refractivity contribution in [3.63, 3.8) is 0 Å². The van der Waals surface area contributed by atoms with E-state index < -0.39 is 23.6 Å². The number of hydrogen-bond donors (Lipinski definition) is 1. The highest BCUT2D eigenvalue weighted by atomic mass is 32.2. The second-order valence-corrected chi connectivity index (χ2v) is 7.79. The molecule has 1 unspecified atom stereocenters. The molecule has 2 amide bonds. The summed E-state index contributed by atoms with van der Waals surface area (Å²) in [6, 6.07) is 8.66. The van der Waals surface area contributed by atoms with Crippen molar-refractivity contribution in [2.75, 3.05) is 20.3 Å². The van der Waals surface area contributed by atoms with Crippen LogP contribution in [0.2, 0.25) is 0 Å². The average molecular weight is 409 g/mol. The van der Waals surface area contributed by atoms with Crippen LogP contribution in [0.3, 0.4) is 0 Å². The van der Waals surface area contributed by atoms with E-state index in [0.717, 1.165) is 5.56 Å². The van der Waals surface area contributed by atoms with Crippen LogP contribution in [-0.2, 0) is 15.3 Å². The number of rotatable bonds is 8. The molecular formula is C19H24FN3O4S. The zero-order chi connectivity index (χ0) is 20.7. The second kappa shape index (κ2) is 10.2. The molecule has 1 aliphatic rings. The summed E-state index contributed by atoms with van der Waals surface area (Å²) in [5.41, 5.74) is 5.98. The van der Waals surface area contributed by atoms with E-state index in [9.17, 15) is 19.2 Å². The molecule has 0 radical (unpaired) electrons. The van der Waals surface area contributed by atoms with E-state index in [2.05, 4.69) is 0 Å². The predicted octanol–water partition coefficient (Wildman–Crippen LogP) is 2.49. The number of methoxy groups -OCH3 is 1. The minimum absolute atomic E-state index is 0.0156. The van der Waals surface area contributed by atoms with Crippen molar-refractivity contribution in [2.24, 2.45) is 11.7 Å². The summed E-state index contributed by atoms with van der Waals surface area (Å²) in [4.78, 5) is 25.3. The maximum atomic E-state index is 13.8. The van der Waals surface area contributed by atoms with Crippen LogP contribution in [0, 0.1) is 17.2 Å². The van der Waals surface area contributed by atoms with Crippen molar-refractivity contribution in [1.82, 2.24) is 4.90 Å². The molecule has 0 aromatic heterocycles. The first-order valence-corrected chi connectivity index (χ1v) is 9.91. The van der Waals surface area contributed by atoms with Crippen LogP contribution in [-0.4, -0.2) is 54.6 Å². The van der Waals surface area contributed by atoms with Gasteiger partial charge in [0.15, 0.2) is 0 Å². The molecule has 152 valence electrons. The molecule has 2 rings (SSSR count). The Hall–Kier alpha value is -2.47. The number of ether oxygens (including phenoxy) is 2. The fraction of sp³-hybridized carbons (Fsp3) is 0.526. The van der Waals surface area contributed by atoms with Gasteiger partial charge in [0.2, 0.25) is 5.91 Å². The fourth-order valence-corrected chi connectivity index (χ4v) is 4.28. The van der Waals surface area contributed by atoms with Gasteiger partial charge < -0.3 is 20.1 Å². The molecule has 1 aromatic carbocycles. The number of carbonyl (C=O) groups is 2. The Labute approximate surface area is 168 Å². The van der Waals surface area contributed by atoms with E-state index >= 15 is 0 Å². The Morgan fingerprint density at radius 2 is 2.25 bits per heavy atom. The third-order valence-corrected chi connectivity index (χ3v) is 6.02. The number of alkyl halides is 1. The normalized spacial score (nSPS) is 20.9. The molecular weight excluding hydrogens is 385 g/mol. The molecule has 1 aliphatic heterocycles. The molecule has 0 spiro atoms. The molecule has 1 aromatic rings. The van der Waals surface area contributed by atoms with Gasteiger partial charge in [-0.15, -0.1) is 11.8 Å².